The fourth-order valence-corrected chi connectivity index (χ4v) is 3.06. The molecule has 0 aliphatic heterocycles. The molecule has 0 spiro atoms. The number of pyridine rings is 1. The van der Waals surface area contributed by atoms with Crippen molar-refractivity contribution in [2.45, 2.75) is 0 Å². The van der Waals surface area contributed by atoms with Crippen molar-refractivity contribution in [2.75, 3.05) is 19.5 Å². The van der Waals surface area contributed by atoms with Crippen molar-refractivity contribution in [2.24, 2.45) is 0 Å². The molecule has 154 valence electrons. The number of ether oxygens (including phenoxy) is 2. The van der Waals surface area contributed by atoms with Crippen molar-refractivity contribution < 1.29 is 14.3 Å². The molecular formula is C24H20N4O3. The molecule has 7 heteroatoms. The average Bonchev–Trinajstić information content (AvgIpc) is 2.84. The zero-order valence-corrected chi connectivity index (χ0v) is 17.1. The normalized spacial score (nSPS) is 10.4. The maximum Gasteiger partial charge on any atom is 0.259 e. The van der Waals surface area contributed by atoms with E-state index >= 15 is 0 Å². The van der Waals surface area contributed by atoms with Gasteiger partial charge in [-0.05, 0) is 48.5 Å². The Morgan fingerprint density at radius 3 is 2.32 bits per heavy atom. The van der Waals surface area contributed by atoms with Gasteiger partial charge in [0.25, 0.3) is 5.91 Å². The molecule has 4 aromatic rings. The second kappa shape index (κ2) is 9.04. The number of anilines is 1. The van der Waals surface area contributed by atoms with Gasteiger partial charge in [0.15, 0.2) is 5.82 Å². The first-order chi connectivity index (χ1) is 15.2. The molecule has 0 atom stereocenters. The predicted octanol–water partition coefficient (Wildman–Crippen LogP) is 4.48. The van der Waals surface area contributed by atoms with Gasteiger partial charge in [-0.3, -0.25) is 9.78 Å². The van der Waals surface area contributed by atoms with Gasteiger partial charge < -0.3 is 14.8 Å². The first-order valence-corrected chi connectivity index (χ1v) is 9.55. The van der Waals surface area contributed by atoms with E-state index in [1.807, 2.05) is 48.5 Å². The fraction of sp³-hybridized carbons (Fsp3) is 0.0833. The van der Waals surface area contributed by atoms with Crippen LogP contribution in [0.5, 0.6) is 11.5 Å². The molecule has 7 nitrogen and oxygen atoms in total. The van der Waals surface area contributed by atoms with Crippen LogP contribution in [-0.4, -0.2) is 35.1 Å². The third-order valence-corrected chi connectivity index (χ3v) is 4.66. The zero-order chi connectivity index (χ0) is 21.6. The number of rotatable bonds is 6. The van der Waals surface area contributed by atoms with Crippen LogP contribution in [0.4, 0.5) is 5.69 Å². The summed E-state index contributed by atoms with van der Waals surface area (Å²) in [6.07, 6.45) is 4.86. The van der Waals surface area contributed by atoms with Crippen molar-refractivity contribution >= 4 is 11.6 Å². The van der Waals surface area contributed by atoms with E-state index in [1.165, 1.54) is 6.20 Å². The molecule has 0 aliphatic carbocycles. The summed E-state index contributed by atoms with van der Waals surface area (Å²) >= 11 is 0. The lowest BCUT2D eigenvalue weighted by atomic mass is 10.1. The number of methoxy groups -OCH3 is 2. The second-order valence-electron chi connectivity index (χ2n) is 6.61. The van der Waals surface area contributed by atoms with Gasteiger partial charge in [-0.1, -0.05) is 6.07 Å². The lowest BCUT2D eigenvalue weighted by Crippen LogP contribution is -2.15. The highest BCUT2D eigenvalue weighted by molar-refractivity contribution is 6.08. The number of aromatic nitrogens is 3. The number of hydrogen-bond donors (Lipinski definition) is 1. The minimum atomic E-state index is -0.318. The SMILES string of the molecule is COc1ccc(-c2ncc(C(=O)Nc3cccc(OC)c3)c(-c3ccncc3)n2)cc1. The van der Waals surface area contributed by atoms with Crippen molar-refractivity contribution in [3.05, 3.63) is 84.8 Å². The van der Waals surface area contributed by atoms with E-state index in [1.54, 1.807) is 38.7 Å². The number of amides is 1. The Balaban J connectivity index is 1.73. The van der Waals surface area contributed by atoms with Crippen LogP contribution in [0.1, 0.15) is 10.4 Å². The lowest BCUT2D eigenvalue weighted by Gasteiger charge is -2.12. The van der Waals surface area contributed by atoms with Crippen LogP contribution in [0.3, 0.4) is 0 Å². The summed E-state index contributed by atoms with van der Waals surface area (Å²) in [5.41, 5.74) is 3.07. The molecule has 1 N–H and O–H groups in total. The van der Waals surface area contributed by atoms with Crippen LogP contribution >= 0.6 is 0 Å². The van der Waals surface area contributed by atoms with Gasteiger partial charge in [0.2, 0.25) is 0 Å². The number of hydrogen-bond acceptors (Lipinski definition) is 6. The molecule has 0 unspecified atom stereocenters. The minimum absolute atomic E-state index is 0.318. The average molecular weight is 412 g/mol. The van der Waals surface area contributed by atoms with E-state index in [2.05, 4.69) is 15.3 Å². The molecule has 4 rings (SSSR count). The zero-order valence-electron chi connectivity index (χ0n) is 17.1. The standard InChI is InChI=1S/C24H20N4O3/c1-30-19-8-6-17(7-9-19)23-26-15-21(22(28-23)16-10-12-25-13-11-16)24(29)27-18-4-3-5-20(14-18)31-2/h3-15H,1-2H3,(H,27,29). The second-order valence-corrected chi connectivity index (χ2v) is 6.61. The largest absolute Gasteiger partial charge is 0.497 e. The lowest BCUT2D eigenvalue weighted by molar-refractivity contribution is 0.102. The number of carbonyl (C=O) groups is 1. The highest BCUT2D eigenvalue weighted by Gasteiger charge is 2.17. The van der Waals surface area contributed by atoms with Gasteiger partial charge in [-0.25, -0.2) is 9.97 Å². The van der Waals surface area contributed by atoms with Crippen LogP contribution in [0.15, 0.2) is 79.3 Å². The quantitative estimate of drug-likeness (QED) is 0.503. The van der Waals surface area contributed by atoms with Crippen molar-refractivity contribution in [3.8, 4) is 34.1 Å². The Kier molecular flexibility index (Phi) is 5.84. The van der Waals surface area contributed by atoms with E-state index < -0.39 is 0 Å². The Morgan fingerprint density at radius 2 is 1.61 bits per heavy atom. The third kappa shape index (κ3) is 4.51. The van der Waals surface area contributed by atoms with Gasteiger partial charge in [-0.15, -0.1) is 0 Å². The van der Waals surface area contributed by atoms with Gasteiger partial charge in [-0.2, -0.15) is 0 Å². The van der Waals surface area contributed by atoms with Crippen LogP contribution in [0.25, 0.3) is 22.6 Å². The Bertz CT molecular complexity index is 1200. The van der Waals surface area contributed by atoms with Crippen LogP contribution in [0.2, 0.25) is 0 Å². The monoisotopic (exact) mass is 412 g/mol. The summed E-state index contributed by atoms with van der Waals surface area (Å²) in [6.45, 7) is 0. The molecule has 0 bridgehead atoms. The first kappa shape index (κ1) is 20.0. The van der Waals surface area contributed by atoms with Crippen LogP contribution in [-0.2, 0) is 0 Å². The van der Waals surface area contributed by atoms with Crippen LogP contribution < -0.4 is 14.8 Å². The minimum Gasteiger partial charge on any atom is -0.497 e. The maximum absolute atomic E-state index is 13.1. The summed E-state index contributed by atoms with van der Waals surface area (Å²) < 4.78 is 10.4. The maximum atomic E-state index is 13.1. The summed E-state index contributed by atoms with van der Waals surface area (Å²) in [5.74, 6) is 1.58. The molecule has 2 aromatic heterocycles. The fourth-order valence-electron chi connectivity index (χ4n) is 3.06. The number of nitrogens with one attached hydrogen (secondary N) is 1. The molecule has 0 saturated carbocycles. The van der Waals surface area contributed by atoms with E-state index in [4.69, 9.17) is 14.5 Å². The summed E-state index contributed by atoms with van der Waals surface area (Å²) in [5, 5.41) is 2.89. The van der Waals surface area contributed by atoms with Crippen LogP contribution in [0, 0.1) is 0 Å². The molecule has 31 heavy (non-hydrogen) atoms. The number of benzene rings is 2. The van der Waals surface area contributed by atoms with Crippen molar-refractivity contribution in [1.82, 2.24) is 15.0 Å². The molecule has 0 aliphatic rings. The molecule has 1 amide bonds. The summed E-state index contributed by atoms with van der Waals surface area (Å²) in [7, 11) is 3.19. The molecule has 0 fully saturated rings. The molecule has 0 saturated heterocycles. The Labute approximate surface area is 179 Å². The summed E-state index contributed by atoms with van der Waals surface area (Å²) in [4.78, 5) is 26.3. The number of nitrogens with zero attached hydrogens (tertiary/aromatic N) is 3. The van der Waals surface area contributed by atoms with Gasteiger partial charge in [0, 0.05) is 41.5 Å². The number of carbonyl (C=O) groups excluding carboxylic acids is 1. The molecular weight excluding hydrogens is 392 g/mol. The molecule has 2 aromatic carbocycles. The third-order valence-electron chi connectivity index (χ3n) is 4.66. The highest BCUT2D eigenvalue weighted by Crippen LogP contribution is 2.26. The van der Waals surface area contributed by atoms with E-state index in [0.29, 0.717) is 28.5 Å². The van der Waals surface area contributed by atoms with E-state index in [9.17, 15) is 4.79 Å². The Hall–Kier alpha value is -4.26. The van der Waals surface area contributed by atoms with Gasteiger partial charge in [0.05, 0.1) is 25.5 Å². The molecule has 0 radical (unpaired) electrons. The summed E-state index contributed by atoms with van der Waals surface area (Å²) in [6, 6.07) is 18.2. The van der Waals surface area contributed by atoms with Crippen molar-refractivity contribution in [3.63, 3.8) is 0 Å². The van der Waals surface area contributed by atoms with Gasteiger partial charge in [0.1, 0.15) is 11.5 Å². The van der Waals surface area contributed by atoms with Crippen molar-refractivity contribution in [1.29, 1.82) is 0 Å². The smallest absolute Gasteiger partial charge is 0.259 e. The van der Waals surface area contributed by atoms with Gasteiger partial charge >= 0.3 is 0 Å². The first-order valence-electron chi connectivity index (χ1n) is 9.55. The predicted molar refractivity (Wildman–Crippen MR) is 118 cm³/mol. The molecule has 2 heterocycles. The van der Waals surface area contributed by atoms with E-state index in [0.717, 1.165) is 16.9 Å². The Morgan fingerprint density at radius 1 is 0.871 bits per heavy atom. The topological polar surface area (TPSA) is 86.2 Å². The van der Waals surface area contributed by atoms with E-state index in [-0.39, 0.29) is 5.91 Å². The highest BCUT2D eigenvalue weighted by atomic mass is 16.5.